The van der Waals surface area contributed by atoms with Gasteiger partial charge in [-0.25, -0.2) is 8.42 Å². The van der Waals surface area contributed by atoms with E-state index in [4.69, 9.17) is 0 Å². The van der Waals surface area contributed by atoms with Crippen molar-refractivity contribution < 1.29 is 13.2 Å². The lowest BCUT2D eigenvalue weighted by molar-refractivity contribution is -0.120. The van der Waals surface area contributed by atoms with Crippen molar-refractivity contribution in [2.24, 2.45) is 11.3 Å². The van der Waals surface area contributed by atoms with Crippen molar-refractivity contribution >= 4 is 21.6 Å². The number of aryl methyl sites for hydroxylation is 1. The van der Waals surface area contributed by atoms with Crippen LogP contribution in [0.5, 0.6) is 0 Å². The minimum atomic E-state index is -3.54. The van der Waals surface area contributed by atoms with Crippen LogP contribution in [0, 0.1) is 18.3 Å². The Labute approximate surface area is 164 Å². The summed E-state index contributed by atoms with van der Waals surface area (Å²) in [4.78, 5) is 12.6. The first-order valence-corrected chi connectivity index (χ1v) is 11.7. The molecule has 0 spiro atoms. The van der Waals surface area contributed by atoms with E-state index in [1.165, 1.54) is 4.31 Å². The van der Waals surface area contributed by atoms with Crippen molar-refractivity contribution in [2.75, 3.05) is 17.1 Å². The second-order valence-electron chi connectivity index (χ2n) is 8.51. The number of benzene rings is 1. The number of hydrogen-bond donors (Lipinski definition) is 1. The molecule has 152 valence electrons. The van der Waals surface area contributed by atoms with E-state index >= 15 is 0 Å². The molecule has 0 atom stereocenters. The van der Waals surface area contributed by atoms with Gasteiger partial charge in [-0.3, -0.25) is 9.10 Å². The van der Waals surface area contributed by atoms with Crippen LogP contribution in [0.25, 0.3) is 0 Å². The standard InChI is InChI=1S/C21H34N2O3S/c1-6-21(3,4)17-11-13-18(14-12-17)22-20(24)15-23(27(5,25)26)19-10-8-7-9-16(19)2/h7-10,17-18H,6,11-15H2,1-5H3,(H,22,24). The fourth-order valence-electron chi connectivity index (χ4n) is 3.94. The lowest BCUT2D eigenvalue weighted by atomic mass is 9.69. The van der Waals surface area contributed by atoms with Crippen LogP contribution >= 0.6 is 0 Å². The summed E-state index contributed by atoms with van der Waals surface area (Å²) in [5.74, 6) is 0.456. The zero-order chi connectivity index (χ0) is 20.2. The number of carbonyl (C=O) groups is 1. The molecule has 1 saturated carbocycles. The third-order valence-electron chi connectivity index (χ3n) is 6.18. The van der Waals surface area contributed by atoms with Gasteiger partial charge in [-0.05, 0) is 55.6 Å². The summed E-state index contributed by atoms with van der Waals surface area (Å²) < 4.78 is 25.7. The van der Waals surface area contributed by atoms with Gasteiger partial charge in [0.05, 0.1) is 11.9 Å². The molecule has 27 heavy (non-hydrogen) atoms. The summed E-state index contributed by atoms with van der Waals surface area (Å²) in [5.41, 5.74) is 1.73. The number of nitrogens with zero attached hydrogens (tertiary/aromatic N) is 1. The highest BCUT2D eigenvalue weighted by atomic mass is 32.2. The average molecular weight is 395 g/mol. The first-order valence-electron chi connectivity index (χ1n) is 9.87. The van der Waals surface area contributed by atoms with E-state index in [0.29, 0.717) is 17.0 Å². The van der Waals surface area contributed by atoms with Crippen LogP contribution < -0.4 is 9.62 Å². The van der Waals surface area contributed by atoms with Gasteiger partial charge in [0.1, 0.15) is 6.54 Å². The normalized spacial score (nSPS) is 20.9. The van der Waals surface area contributed by atoms with Crippen LogP contribution in [0.3, 0.4) is 0 Å². The van der Waals surface area contributed by atoms with Gasteiger partial charge in [-0.2, -0.15) is 0 Å². The Hall–Kier alpha value is -1.56. The molecule has 1 aliphatic carbocycles. The molecule has 2 rings (SSSR count). The van der Waals surface area contributed by atoms with Gasteiger partial charge in [0, 0.05) is 6.04 Å². The van der Waals surface area contributed by atoms with E-state index < -0.39 is 10.0 Å². The molecule has 0 saturated heterocycles. The number of hydrogen-bond acceptors (Lipinski definition) is 3. The smallest absolute Gasteiger partial charge is 0.240 e. The Morgan fingerprint density at radius 3 is 2.30 bits per heavy atom. The number of carbonyl (C=O) groups excluding carboxylic acids is 1. The predicted octanol–water partition coefficient (Wildman–Crippen LogP) is 3.87. The minimum absolute atomic E-state index is 0.139. The van der Waals surface area contributed by atoms with E-state index in [2.05, 4.69) is 26.1 Å². The van der Waals surface area contributed by atoms with Crippen molar-refractivity contribution in [1.82, 2.24) is 5.32 Å². The Bertz CT molecular complexity index is 750. The highest BCUT2D eigenvalue weighted by Crippen LogP contribution is 2.40. The summed E-state index contributed by atoms with van der Waals surface area (Å²) in [6.45, 7) is 8.55. The Kier molecular flexibility index (Phi) is 6.95. The van der Waals surface area contributed by atoms with Crippen LogP contribution in [0.15, 0.2) is 24.3 Å². The molecule has 1 aromatic carbocycles. The molecule has 0 radical (unpaired) electrons. The topological polar surface area (TPSA) is 66.5 Å². The molecule has 0 aromatic heterocycles. The van der Waals surface area contributed by atoms with Gasteiger partial charge in [0.15, 0.2) is 0 Å². The third-order valence-corrected chi connectivity index (χ3v) is 7.31. The number of sulfonamides is 1. The highest BCUT2D eigenvalue weighted by Gasteiger charge is 2.32. The van der Waals surface area contributed by atoms with Gasteiger partial charge < -0.3 is 5.32 Å². The largest absolute Gasteiger partial charge is 0.352 e. The molecule has 0 unspecified atom stereocenters. The molecule has 1 N–H and O–H groups in total. The van der Waals surface area contributed by atoms with E-state index in [9.17, 15) is 13.2 Å². The Balaban J connectivity index is 1.99. The van der Waals surface area contributed by atoms with Crippen LogP contribution in [0.2, 0.25) is 0 Å². The molecule has 1 aliphatic rings. The number of anilines is 1. The molecular weight excluding hydrogens is 360 g/mol. The Morgan fingerprint density at radius 2 is 1.78 bits per heavy atom. The number of rotatable bonds is 7. The van der Waals surface area contributed by atoms with E-state index in [0.717, 1.165) is 43.9 Å². The number of para-hydroxylation sites is 1. The first-order chi connectivity index (χ1) is 12.5. The predicted molar refractivity (Wildman–Crippen MR) is 111 cm³/mol. The fraction of sp³-hybridized carbons (Fsp3) is 0.667. The van der Waals surface area contributed by atoms with Crippen LogP contribution in [0.4, 0.5) is 5.69 Å². The average Bonchev–Trinajstić information content (AvgIpc) is 2.60. The van der Waals surface area contributed by atoms with Crippen LogP contribution in [-0.2, 0) is 14.8 Å². The van der Waals surface area contributed by atoms with Crippen molar-refractivity contribution in [2.45, 2.75) is 65.8 Å². The highest BCUT2D eigenvalue weighted by molar-refractivity contribution is 7.92. The maximum absolute atomic E-state index is 12.6. The molecule has 0 heterocycles. The fourth-order valence-corrected chi connectivity index (χ4v) is 4.85. The van der Waals surface area contributed by atoms with Crippen molar-refractivity contribution in [1.29, 1.82) is 0 Å². The Morgan fingerprint density at radius 1 is 1.19 bits per heavy atom. The van der Waals surface area contributed by atoms with Crippen molar-refractivity contribution in [3.05, 3.63) is 29.8 Å². The van der Waals surface area contributed by atoms with Crippen LogP contribution in [-0.4, -0.2) is 33.2 Å². The SMILES string of the molecule is CCC(C)(C)C1CCC(NC(=O)CN(c2ccccc2C)S(C)(=O)=O)CC1. The molecule has 6 heteroatoms. The molecule has 5 nitrogen and oxygen atoms in total. The van der Waals surface area contributed by atoms with Crippen molar-refractivity contribution in [3.8, 4) is 0 Å². The van der Waals surface area contributed by atoms with E-state index in [-0.39, 0.29) is 18.5 Å². The minimum Gasteiger partial charge on any atom is -0.352 e. The van der Waals surface area contributed by atoms with Crippen LogP contribution in [0.1, 0.15) is 58.4 Å². The zero-order valence-electron chi connectivity index (χ0n) is 17.3. The monoisotopic (exact) mass is 394 g/mol. The van der Waals surface area contributed by atoms with E-state index in [1.54, 1.807) is 12.1 Å². The number of amides is 1. The maximum Gasteiger partial charge on any atom is 0.240 e. The zero-order valence-corrected chi connectivity index (χ0v) is 18.1. The van der Waals surface area contributed by atoms with Crippen molar-refractivity contribution in [3.63, 3.8) is 0 Å². The summed E-state index contributed by atoms with van der Waals surface area (Å²) in [6.07, 6.45) is 6.45. The summed E-state index contributed by atoms with van der Waals surface area (Å²) in [7, 11) is -3.54. The lowest BCUT2D eigenvalue weighted by Crippen LogP contribution is -2.46. The van der Waals surface area contributed by atoms with Gasteiger partial charge in [-0.1, -0.05) is 45.4 Å². The van der Waals surface area contributed by atoms with Gasteiger partial charge in [0.2, 0.25) is 15.9 Å². The first kappa shape index (κ1) is 21.7. The quantitative estimate of drug-likeness (QED) is 0.763. The second-order valence-corrected chi connectivity index (χ2v) is 10.4. The summed E-state index contributed by atoms with van der Waals surface area (Å²) in [6, 6.07) is 7.37. The summed E-state index contributed by atoms with van der Waals surface area (Å²) in [5, 5.41) is 3.06. The molecule has 0 bridgehead atoms. The maximum atomic E-state index is 12.6. The number of nitrogens with one attached hydrogen (secondary N) is 1. The molecular formula is C21H34N2O3S. The van der Waals surface area contributed by atoms with Gasteiger partial charge in [0.25, 0.3) is 0 Å². The third kappa shape index (κ3) is 5.71. The van der Waals surface area contributed by atoms with Gasteiger partial charge in [-0.15, -0.1) is 0 Å². The molecule has 0 aliphatic heterocycles. The summed E-state index contributed by atoms with van der Waals surface area (Å²) >= 11 is 0. The molecule has 1 aromatic rings. The molecule has 1 amide bonds. The lowest BCUT2D eigenvalue weighted by Gasteiger charge is -2.39. The van der Waals surface area contributed by atoms with E-state index in [1.807, 2.05) is 19.1 Å². The van der Waals surface area contributed by atoms with Gasteiger partial charge >= 0.3 is 0 Å². The molecule has 1 fully saturated rings. The second kappa shape index (κ2) is 8.63.